The van der Waals surface area contributed by atoms with Gasteiger partial charge in [0.25, 0.3) is 11.8 Å². The van der Waals surface area contributed by atoms with E-state index in [2.05, 4.69) is 5.73 Å². The van der Waals surface area contributed by atoms with E-state index in [0.29, 0.717) is 17.7 Å². The van der Waals surface area contributed by atoms with Gasteiger partial charge >= 0.3 is 24.4 Å². The van der Waals surface area contributed by atoms with Gasteiger partial charge in [0.05, 0.1) is 11.1 Å². The van der Waals surface area contributed by atoms with Gasteiger partial charge in [-0.15, -0.1) is 0 Å². The number of halogens is 9. The van der Waals surface area contributed by atoms with E-state index in [9.17, 15) is 58.7 Å². The third-order valence-electron chi connectivity index (χ3n) is 4.82. The van der Waals surface area contributed by atoms with Gasteiger partial charge in [0.15, 0.2) is 0 Å². The number of alkyl halides is 6. The summed E-state index contributed by atoms with van der Waals surface area (Å²) in [6.07, 6.45) is -11.0. The van der Waals surface area contributed by atoms with Crippen LogP contribution in [0, 0.1) is 17.5 Å². The van der Waals surface area contributed by atoms with E-state index in [1.807, 2.05) is 5.32 Å². The lowest BCUT2D eigenvalue weighted by Crippen LogP contribution is -2.36. The Morgan fingerprint density at radius 3 is 1.66 bits per heavy atom. The summed E-state index contributed by atoms with van der Waals surface area (Å²) >= 11 is 0. The highest BCUT2D eigenvalue weighted by atomic mass is 19.4. The van der Waals surface area contributed by atoms with E-state index in [1.54, 1.807) is 30.3 Å². The molecule has 0 fully saturated rings. The Balaban J connectivity index is 0.000000408. The number of primary amides is 2. The van der Waals surface area contributed by atoms with E-state index in [1.165, 1.54) is 5.32 Å². The predicted molar refractivity (Wildman–Crippen MR) is 122 cm³/mol. The van der Waals surface area contributed by atoms with E-state index >= 15 is 0 Å². The van der Waals surface area contributed by atoms with Crippen molar-refractivity contribution in [2.75, 3.05) is 0 Å². The van der Waals surface area contributed by atoms with Gasteiger partial charge in [0.2, 0.25) is 0 Å². The van der Waals surface area contributed by atoms with Gasteiger partial charge < -0.3 is 11.5 Å². The zero-order valence-corrected chi connectivity index (χ0v) is 19.9. The van der Waals surface area contributed by atoms with Crippen LogP contribution in [-0.4, -0.2) is 23.9 Å². The molecule has 41 heavy (non-hydrogen) atoms. The maximum atomic E-state index is 14.6. The fourth-order valence-corrected chi connectivity index (χ4v) is 3.11. The van der Waals surface area contributed by atoms with Crippen molar-refractivity contribution >= 4 is 23.9 Å². The molecule has 8 nitrogen and oxygen atoms in total. The molecule has 0 heterocycles. The summed E-state index contributed by atoms with van der Waals surface area (Å²) in [6, 6.07) is 5.97. The molecule has 0 unspecified atom stereocenters. The molecular formula is C24H15F9N4O4. The summed E-state index contributed by atoms with van der Waals surface area (Å²) < 4.78 is 120. The molecule has 17 heteroatoms. The SMILES string of the molecule is NC(=O)NC(=O)c1c(F)ccc(-c2cc(C(F)(F)F)cc(C(F)(F)F)c2F)c1F.NC(=O)NC(=O)c1ccccc1. The first kappa shape index (κ1) is 32.1. The number of amides is 6. The lowest BCUT2D eigenvalue weighted by atomic mass is 9.95. The summed E-state index contributed by atoms with van der Waals surface area (Å²) in [5.74, 6) is -8.18. The summed E-state index contributed by atoms with van der Waals surface area (Å²) in [5, 5.41) is 3.23. The highest BCUT2D eigenvalue weighted by Crippen LogP contribution is 2.41. The van der Waals surface area contributed by atoms with Gasteiger partial charge in [-0.1, -0.05) is 18.2 Å². The van der Waals surface area contributed by atoms with E-state index < -0.39 is 87.6 Å². The predicted octanol–water partition coefficient (Wildman–Crippen LogP) is 5.11. The lowest BCUT2D eigenvalue weighted by Gasteiger charge is -2.17. The van der Waals surface area contributed by atoms with Crippen LogP contribution in [0.25, 0.3) is 11.1 Å². The molecule has 0 aromatic heterocycles. The Morgan fingerprint density at radius 2 is 1.17 bits per heavy atom. The molecule has 0 aliphatic rings. The first-order valence-electron chi connectivity index (χ1n) is 10.6. The van der Waals surface area contributed by atoms with E-state index in [4.69, 9.17) is 5.73 Å². The van der Waals surface area contributed by atoms with Gasteiger partial charge in [0, 0.05) is 16.7 Å². The maximum Gasteiger partial charge on any atom is 0.419 e. The minimum Gasteiger partial charge on any atom is -0.351 e. The molecular weight excluding hydrogens is 579 g/mol. The summed E-state index contributed by atoms with van der Waals surface area (Å²) in [4.78, 5) is 43.6. The number of hydrogen-bond donors (Lipinski definition) is 4. The summed E-state index contributed by atoms with van der Waals surface area (Å²) in [5.41, 5.74) is 1.09. The molecule has 0 aliphatic carbocycles. The van der Waals surface area contributed by atoms with Crippen LogP contribution < -0.4 is 22.1 Å². The Bertz CT molecular complexity index is 1490. The van der Waals surface area contributed by atoms with Crippen molar-refractivity contribution in [3.8, 4) is 11.1 Å². The second kappa shape index (κ2) is 12.4. The van der Waals surface area contributed by atoms with Crippen LogP contribution in [0.4, 0.5) is 49.1 Å². The molecule has 218 valence electrons. The summed E-state index contributed by atoms with van der Waals surface area (Å²) in [6.45, 7) is 0. The van der Waals surface area contributed by atoms with Crippen molar-refractivity contribution in [2.45, 2.75) is 12.4 Å². The Morgan fingerprint density at radius 1 is 0.634 bits per heavy atom. The molecule has 0 saturated heterocycles. The first-order chi connectivity index (χ1) is 18.8. The van der Waals surface area contributed by atoms with Crippen molar-refractivity contribution in [1.29, 1.82) is 0 Å². The number of carbonyl (C=O) groups is 4. The zero-order valence-electron chi connectivity index (χ0n) is 19.9. The number of hydrogen-bond acceptors (Lipinski definition) is 4. The highest BCUT2D eigenvalue weighted by molar-refractivity contribution is 6.05. The number of benzene rings is 3. The third kappa shape index (κ3) is 8.20. The smallest absolute Gasteiger partial charge is 0.351 e. The number of carbonyl (C=O) groups excluding carboxylic acids is 4. The molecule has 0 radical (unpaired) electrons. The lowest BCUT2D eigenvalue weighted by molar-refractivity contribution is -0.144. The van der Waals surface area contributed by atoms with E-state index in [-0.39, 0.29) is 6.07 Å². The van der Waals surface area contributed by atoms with Crippen LogP contribution in [0.2, 0.25) is 0 Å². The van der Waals surface area contributed by atoms with Crippen LogP contribution in [-0.2, 0) is 12.4 Å². The second-order valence-corrected chi connectivity index (χ2v) is 7.67. The van der Waals surface area contributed by atoms with Crippen LogP contribution >= 0.6 is 0 Å². The van der Waals surface area contributed by atoms with Crippen LogP contribution in [0.15, 0.2) is 54.6 Å². The monoisotopic (exact) mass is 594 g/mol. The molecule has 3 aromatic carbocycles. The number of nitrogens with two attached hydrogens (primary N) is 2. The van der Waals surface area contributed by atoms with E-state index in [0.717, 1.165) is 0 Å². The molecule has 0 atom stereocenters. The fraction of sp³-hybridized carbons (Fsp3) is 0.0833. The Hall–Kier alpha value is -5.09. The largest absolute Gasteiger partial charge is 0.419 e. The molecule has 6 amide bonds. The highest BCUT2D eigenvalue weighted by Gasteiger charge is 2.40. The van der Waals surface area contributed by atoms with Crippen molar-refractivity contribution < 1.29 is 58.7 Å². The standard InChI is InChI=1S/C16H7F9N2O2.C8H8N2O2/c17-9-2-1-6(12(19)10(9)13(28)27-14(26)29)7-3-5(15(20,21)22)4-8(11(7)18)16(23,24)25;9-8(12)10-7(11)6-4-2-1-3-5-6/h1-4H,(H3,26,27,28,29);1-5H,(H3,9,10,11,12). The molecule has 3 rings (SSSR count). The van der Waals surface area contributed by atoms with Crippen molar-refractivity contribution in [2.24, 2.45) is 11.5 Å². The molecule has 0 bridgehead atoms. The molecule has 0 spiro atoms. The van der Waals surface area contributed by atoms with Crippen molar-refractivity contribution in [3.05, 3.63) is 94.3 Å². The van der Waals surface area contributed by atoms with Gasteiger partial charge in [-0.25, -0.2) is 22.8 Å². The minimum atomic E-state index is -5.58. The second-order valence-electron chi connectivity index (χ2n) is 7.67. The first-order valence-corrected chi connectivity index (χ1v) is 10.6. The van der Waals surface area contributed by atoms with Crippen molar-refractivity contribution in [3.63, 3.8) is 0 Å². The van der Waals surface area contributed by atoms with Gasteiger partial charge in [-0.05, 0) is 36.4 Å². The van der Waals surface area contributed by atoms with Gasteiger partial charge in [-0.3, -0.25) is 20.2 Å². The van der Waals surface area contributed by atoms with Gasteiger partial charge in [0.1, 0.15) is 23.0 Å². The van der Waals surface area contributed by atoms with Crippen LogP contribution in [0.1, 0.15) is 31.8 Å². The topological polar surface area (TPSA) is 144 Å². The average molecular weight is 594 g/mol. The van der Waals surface area contributed by atoms with Crippen LogP contribution in [0.5, 0.6) is 0 Å². The molecule has 6 N–H and O–H groups in total. The minimum absolute atomic E-state index is 0.128. The average Bonchev–Trinajstić information content (AvgIpc) is 2.83. The number of imide groups is 2. The normalized spacial score (nSPS) is 11.1. The fourth-order valence-electron chi connectivity index (χ4n) is 3.11. The zero-order chi connectivity index (χ0) is 31.3. The number of nitrogens with one attached hydrogen (secondary N) is 2. The Kier molecular flexibility index (Phi) is 9.71. The molecule has 0 aliphatic heterocycles. The van der Waals surface area contributed by atoms with Crippen LogP contribution in [0.3, 0.4) is 0 Å². The number of urea groups is 2. The maximum absolute atomic E-state index is 14.6. The quantitative estimate of drug-likeness (QED) is 0.313. The van der Waals surface area contributed by atoms with Gasteiger partial charge in [-0.2, -0.15) is 26.3 Å². The summed E-state index contributed by atoms with van der Waals surface area (Å²) in [7, 11) is 0. The molecule has 0 saturated carbocycles. The third-order valence-corrected chi connectivity index (χ3v) is 4.82. The molecule has 3 aromatic rings. The Labute approximate surface area is 223 Å². The number of rotatable bonds is 3. The van der Waals surface area contributed by atoms with Crippen molar-refractivity contribution in [1.82, 2.24) is 10.6 Å².